The third-order valence-electron chi connectivity index (χ3n) is 6.51. The summed E-state index contributed by atoms with van der Waals surface area (Å²) in [6, 6.07) is 9.86. The van der Waals surface area contributed by atoms with Crippen molar-refractivity contribution in [3.05, 3.63) is 47.0 Å². The molecule has 0 aliphatic carbocycles. The van der Waals surface area contributed by atoms with Crippen LogP contribution in [0, 0.1) is 11.3 Å². The lowest BCUT2D eigenvalue weighted by molar-refractivity contribution is -0.143. The van der Waals surface area contributed by atoms with Crippen LogP contribution < -0.4 is 0 Å². The van der Waals surface area contributed by atoms with Crippen LogP contribution in [-0.4, -0.2) is 27.2 Å². The van der Waals surface area contributed by atoms with Gasteiger partial charge >= 0.3 is 5.97 Å². The van der Waals surface area contributed by atoms with Crippen molar-refractivity contribution in [2.45, 2.75) is 96.9 Å². The van der Waals surface area contributed by atoms with E-state index in [-0.39, 0.29) is 18.3 Å². The third kappa shape index (κ3) is 8.24. The van der Waals surface area contributed by atoms with Crippen LogP contribution in [0.2, 0.25) is 16.6 Å². The van der Waals surface area contributed by atoms with E-state index in [0.717, 1.165) is 11.1 Å². The number of carbonyl (C=O) groups is 2. The number of methoxy groups -OCH3 is 1. The van der Waals surface area contributed by atoms with Gasteiger partial charge in [0.25, 0.3) is 0 Å². The first-order valence-electron chi connectivity index (χ1n) is 11.9. The maximum atomic E-state index is 12.0. The third-order valence-corrected chi connectivity index (χ3v) is 12.6. The molecule has 1 aromatic rings. The van der Waals surface area contributed by atoms with Crippen LogP contribution in [0.15, 0.2) is 35.9 Å². The second-order valence-electron chi connectivity index (χ2n) is 9.74. The molecule has 0 aromatic heterocycles. The Labute approximate surface area is 201 Å². The maximum Gasteiger partial charge on any atom is 0.313 e. The van der Waals surface area contributed by atoms with Crippen molar-refractivity contribution in [2.24, 2.45) is 0 Å². The Morgan fingerprint density at radius 2 is 1.55 bits per heavy atom. The molecule has 1 unspecified atom stereocenters. The normalized spacial score (nSPS) is 13.3. The molecule has 0 amide bonds. The van der Waals surface area contributed by atoms with Crippen LogP contribution in [0.4, 0.5) is 0 Å². The van der Waals surface area contributed by atoms with Gasteiger partial charge in [-0.15, -0.1) is 0 Å². The summed E-state index contributed by atoms with van der Waals surface area (Å²) in [7, 11) is -0.836. The predicted octanol–water partition coefficient (Wildman–Crippen LogP) is 7.04. The molecular weight excluding hydrogens is 430 g/mol. The topological polar surface area (TPSA) is 76.4 Å². The van der Waals surface area contributed by atoms with E-state index in [1.165, 1.54) is 7.11 Å². The first-order valence-corrected chi connectivity index (χ1v) is 14.0. The van der Waals surface area contributed by atoms with Crippen LogP contribution in [0.1, 0.15) is 91.4 Å². The summed E-state index contributed by atoms with van der Waals surface area (Å²) < 4.78 is 11.7. The highest BCUT2D eigenvalue weighted by Gasteiger charge is 2.46. The molecule has 182 valence electrons. The van der Waals surface area contributed by atoms with Gasteiger partial charge in [-0.3, -0.25) is 9.59 Å². The fourth-order valence-electron chi connectivity index (χ4n) is 4.75. The lowest BCUT2D eigenvalue weighted by Crippen LogP contribution is -2.48. The molecule has 0 saturated carbocycles. The number of esters is 1. The Balaban J connectivity index is 3.13. The van der Waals surface area contributed by atoms with Crippen molar-refractivity contribution in [2.75, 3.05) is 7.11 Å². The zero-order valence-corrected chi connectivity index (χ0v) is 22.6. The summed E-state index contributed by atoms with van der Waals surface area (Å²) in [5.74, 6) is -0.603. The summed E-state index contributed by atoms with van der Waals surface area (Å²) >= 11 is 0. The van der Waals surface area contributed by atoms with Crippen LogP contribution >= 0.6 is 0 Å². The molecule has 0 bridgehead atoms. The number of rotatable bonds is 13. The van der Waals surface area contributed by atoms with Crippen molar-refractivity contribution in [1.29, 1.82) is 5.26 Å². The molecule has 0 radical (unpaired) electrons. The van der Waals surface area contributed by atoms with E-state index in [2.05, 4.69) is 58.4 Å². The van der Waals surface area contributed by atoms with E-state index in [9.17, 15) is 14.9 Å². The average molecular weight is 472 g/mol. The van der Waals surface area contributed by atoms with Crippen molar-refractivity contribution < 1.29 is 18.8 Å². The zero-order valence-electron chi connectivity index (χ0n) is 21.6. The lowest BCUT2D eigenvalue weighted by atomic mass is 10.0. The predicted molar refractivity (Wildman–Crippen MR) is 135 cm³/mol. The van der Waals surface area contributed by atoms with Crippen molar-refractivity contribution in [1.82, 2.24) is 0 Å². The lowest BCUT2D eigenvalue weighted by Gasteiger charge is -2.44. The van der Waals surface area contributed by atoms with Gasteiger partial charge in [0.05, 0.1) is 24.8 Å². The van der Waals surface area contributed by atoms with E-state index < -0.39 is 14.3 Å². The van der Waals surface area contributed by atoms with Gasteiger partial charge in [0.1, 0.15) is 12.2 Å². The monoisotopic (exact) mass is 471 g/mol. The highest BCUT2D eigenvalue weighted by atomic mass is 28.4. The number of ether oxygens (including phenoxy) is 1. The molecular formula is C27H41NO4Si. The molecule has 0 fully saturated rings. The Kier molecular flexibility index (Phi) is 11.8. The summed E-state index contributed by atoms with van der Waals surface area (Å²) in [4.78, 5) is 23.3. The molecule has 0 N–H and O–H groups in total. The highest BCUT2D eigenvalue weighted by Crippen LogP contribution is 2.45. The fourth-order valence-corrected chi connectivity index (χ4v) is 10.3. The fraction of sp³-hybridized carbons (Fsp3) is 0.593. The summed E-state index contributed by atoms with van der Waals surface area (Å²) in [5, 5.41) is 9.18. The van der Waals surface area contributed by atoms with Crippen LogP contribution in [0.25, 0.3) is 0 Å². The molecule has 1 aromatic carbocycles. The number of carbonyl (C=O) groups excluding carboxylic acids is 2. The molecule has 0 heterocycles. The molecule has 6 heteroatoms. The summed E-state index contributed by atoms with van der Waals surface area (Å²) in [6.07, 6.45) is 3.49. The smallest absolute Gasteiger partial charge is 0.313 e. The number of nitrogens with zero attached hydrogens (tertiary/aromatic N) is 1. The first kappa shape index (κ1) is 28.8. The van der Waals surface area contributed by atoms with E-state index in [4.69, 9.17) is 4.43 Å². The Morgan fingerprint density at radius 3 is 2.00 bits per heavy atom. The second-order valence-corrected chi connectivity index (χ2v) is 15.1. The number of hydrogen-bond donors (Lipinski definition) is 0. The molecule has 0 aliphatic heterocycles. The van der Waals surface area contributed by atoms with Gasteiger partial charge in [-0.25, -0.2) is 0 Å². The van der Waals surface area contributed by atoms with E-state index >= 15 is 0 Å². The molecule has 0 saturated heterocycles. The van der Waals surface area contributed by atoms with Gasteiger partial charge in [0.2, 0.25) is 8.32 Å². The Morgan fingerprint density at radius 1 is 1.00 bits per heavy atom. The van der Waals surface area contributed by atoms with E-state index in [0.29, 0.717) is 41.4 Å². The Bertz CT molecular complexity index is 828. The Hall–Kier alpha value is -2.23. The summed E-state index contributed by atoms with van der Waals surface area (Å²) in [6.45, 7) is 15.7. The van der Waals surface area contributed by atoms with Crippen molar-refractivity contribution in [3.8, 4) is 6.07 Å². The highest BCUT2D eigenvalue weighted by molar-refractivity contribution is 6.77. The zero-order chi connectivity index (χ0) is 25.2. The van der Waals surface area contributed by atoms with Crippen LogP contribution in [-0.2, 0) is 18.8 Å². The van der Waals surface area contributed by atoms with E-state index in [1.807, 2.05) is 31.2 Å². The van der Waals surface area contributed by atoms with Crippen LogP contribution in [0.3, 0.4) is 0 Å². The van der Waals surface area contributed by atoms with Gasteiger partial charge in [0.15, 0.2) is 0 Å². The molecule has 1 atom stereocenters. The quantitative estimate of drug-likeness (QED) is 0.133. The van der Waals surface area contributed by atoms with Gasteiger partial charge in [-0.1, -0.05) is 65.3 Å². The van der Waals surface area contributed by atoms with Gasteiger partial charge < -0.3 is 9.16 Å². The number of allylic oxidation sites excluding steroid dienone is 1. The van der Waals surface area contributed by atoms with E-state index in [1.54, 1.807) is 0 Å². The number of ketones is 1. The summed E-state index contributed by atoms with van der Waals surface area (Å²) in [5.41, 5.74) is 4.17. The minimum Gasteiger partial charge on any atom is -0.469 e. The van der Waals surface area contributed by atoms with Gasteiger partial charge in [0, 0.05) is 6.42 Å². The maximum absolute atomic E-state index is 12.0. The van der Waals surface area contributed by atoms with Gasteiger partial charge in [-0.05, 0) is 54.1 Å². The number of nitriles is 1. The number of hydrogen-bond acceptors (Lipinski definition) is 5. The molecule has 0 spiro atoms. The second kappa shape index (κ2) is 13.5. The number of benzene rings is 1. The van der Waals surface area contributed by atoms with Crippen LogP contribution in [0.5, 0.6) is 0 Å². The van der Waals surface area contributed by atoms with Gasteiger partial charge in [-0.2, -0.15) is 5.26 Å². The van der Waals surface area contributed by atoms with Crippen molar-refractivity contribution >= 4 is 20.1 Å². The van der Waals surface area contributed by atoms with Crippen molar-refractivity contribution in [3.63, 3.8) is 0 Å². The largest absolute Gasteiger partial charge is 0.469 e. The standard InChI is InChI=1S/C27H41NO4Si/c1-19(2)33(20(3)4,21(5)6)32-26(24-13-11-23(18-28)12-14-24)16-10-22(7)9-15-25(29)17-27(30)31-8/h10-14,19-21,26H,9,15-17H2,1-8H3/b22-10-. The molecule has 1 rings (SSSR count). The SMILES string of the molecule is COC(=O)CC(=O)CC/C(C)=C\CC(O[Si](C(C)C)(C(C)C)C(C)C)c1ccc(C#N)cc1. The minimum atomic E-state index is -2.13. The molecule has 33 heavy (non-hydrogen) atoms. The number of Topliss-reactive ketones (excluding diaryl/α,β-unsaturated/α-hetero) is 1. The molecule has 5 nitrogen and oxygen atoms in total. The minimum absolute atomic E-state index is 0.111. The molecule has 0 aliphatic rings. The first-order chi connectivity index (χ1) is 15.5. The average Bonchev–Trinajstić information content (AvgIpc) is 2.77.